The predicted molar refractivity (Wildman–Crippen MR) is 151 cm³/mol. The summed E-state index contributed by atoms with van der Waals surface area (Å²) in [5.41, 5.74) is 3.40. The largest absolute Gasteiger partial charge is 0.493 e. The van der Waals surface area contributed by atoms with Crippen LogP contribution in [-0.4, -0.2) is 40.1 Å². The van der Waals surface area contributed by atoms with Crippen LogP contribution < -0.4 is 14.4 Å². The van der Waals surface area contributed by atoms with Gasteiger partial charge in [-0.3, -0.25) is 19.3 Å². The van der Waals surface area contributed by atoms with Crippen LogP contribution in [0, 0.1) is 6.92 Å². The molecule has 1 unspecified atom stereocenters. The van der Waals surface area contributed by atoms with Crippen LogP contribution in [0.2, 0.25) is 0 Å². The van der Waals surface area contributed by atoms with Crippen molar-refractivity contribution in [3.63, 3.8) is 0 Å². The summed E-state index contributed by atoms with van der Waals surface area (Å²) in [6.07, 6.45) is 1.58. The average molecular weight is 545 g/mol. The Morgan fingerprint density at radius 2 is 1.74 bits per heavy atom. The van der Waals surface area contributed by atoms with E-state index in [1.807, 2.05) is 37.3 Å². The van der Waals surface area contributed by atoms with Crippen LogP contribution >= 0.6 is 24.0 Å². The first kappa shape index (κ1) is 25.7. The van der Waals surface area contributed by atoms with E-state index in [1.54, 1.807) is 55.7 Å². The number of aryl methyl sites for hydroxylation is 1. The lowest BCUT2D eigenvalue weighted by Gasteiger charge is -2.21. The minimum atomic E-state index is -0.965. The van der Waals surface area contributed by atoms with Gasteiger partial charge in [0.25, 0.3) is 11.8 Å². The second-order valence-electron chi connectivity index (χ2n) is 8.86. The molecule has 0 N–H and O–H groups in total. The Hall–Kier alpha value is -3.95. The molecular formula is C29H24N2O5S2. The molecule has 2 aliphatic heterocycles. The van der Waals surface area contributed by atoms with Crippen LogP contribution in [-0.2, 0) is 21.0 Å². The number of thioether (sulfide) groups is 1. The number of ether oxygens (including phenoxy) is 2. The van der Waals surface area contributed by atoms with Crippen molar-refractivity contribution in [2.45, 2.75) is 26.0 Å². The van der Waals surface area contributed by atoms with E-state index in [4.69, 9.17) is 21.7 Å². The summed E-state index contributed by atoms with van der Waals surface area (Å²) in [6, 6.07) is 21.2. The average Bonchev–Trinajstić information content (AvgIpc) is 3.36. The summed E-state index contributed by atoms with van der Waals surface area (Å²) < 4.78 is 11.7. The highest BCUT2D eigenvalue weighted by Gasteiger charge is 2.48. The van der Waals surface area contributed by atoms with E-state index in [9.17, 15) is 14.4 Å². The quantitative estimate of drug-likeness (QED) is 0.232. The number of benzene rings is 3. The van der Waals surface area contributed by atoms with Crippen molar-refractivity contribution in [2.24, 2.45) is 0 Å². The zero-order valence-electron chi connectivity index (χ0n) is 20.7. The van der Waals surface area contributed by atoms with Crippen LogP contribution in [0.5, 0.6) is 11.5 Å². The molecule has 3 amide bonds. The summed E-state index contributed by atoms with van der Waals surface area (Å²) in [5.74, 6) is -0.129. The Morgan fingerprint density at radius 1 is 1.00 bits per heavy atom. The van der Waals surface area contributed by atoms with E-state index in [1.165, 1.54) is 10.5 Å². The number of anilines is 1. The molecule has 3 aromatic rings. The monoisotopic (exact) mass is 544 g/mol. The molecule has 0 saturated carbocycles. The van der Waals surface area contributed by atoms with E-state index < -0.39 is 17.9 Å². The van der Waals surface area contributed by atoms with Crippen LogP contribution in [0.3, 0.4) is 0 Å². The van der Waals surface area contributed by atoms with E-state index >= 15 is 0 Å². The number of thiocarbonyl (C=S) groups is 1. The van der Waals surface area contributed by atoms with Gasteiger partial charge in [-0.1, -0.05) is 78.1 Å². The maximum atomic E-state index is 13.3. The standard InChI is InChI=1S/C29H24N2O5S2/c1-18-8-10-19(11-9-18)17-36-23-13-12-20(14-24(23)35-2)15-25-28(34)31(29(37)38-25)22-16-26(32)30(27(22)33)21-6-4-3-5-7-21/h3-15,22H,16-17H2,1-2H3/b25-15-. The molecule has 0 aromatic heterocycles. The molecule has 2 aliphatic rings. The summed E-state index contributed by atoms with van der Waals surface area (Å²) in [6.45, 7) is 2.42. The number of amides is 3. The van der Waals surface area contributed by atoms with Crippen molar-refractivity contribution in [2.75, 3.05) is 12.0 Å². The van der Waals surface area contributed by atoms with Gasteiger partial charge in [0.1, 0.15) is 17.0 Å². The number of hydrogen-bond donors (Lipinski definition) is 0. The fourth-order valence-electron chi connectivity index (χ4n) is 4.30. The molecule has 38 heavy (non-hydrogen) atoms. The fraction of sp³-hybridized carbons (Fsp3) is 0.172. The Morgan fingerprint density at radius 3 is 2.45 bits per heavy atom. The number of nitrogens with zero attached hydrogens (tertiary/aromatic N) is 2. The van der Waals surface area contributed by atoms with Crippen molar-refractivity contribution in [1.29, 1.82) is 0 Å². The minimum Gasteiger partial charge on any atom is -0.493 e. The summed E-state index contributed by atoms with van der Waals surface area (Å²) >= 11 is 6.56. The van der Waals surface area contributed by atoms with Gasteiger partial charge in [0.2, 0.25) is 5.91 Å². The van der Waals surface area contributed by atoms with Crippen LogP contribution in [0.25, 0.3) is 6.08 Å². The van der Waals surface area contributed by atoms with Crippen molar-refractivity contribution in [1.82, 2.24) is 4.90 Å². The van der Waals surface area contributed by atoms with Gasteiger partial charge < -0.3 is 9.47 Å². The highest BCUT2D eigenvalue weighted by atomic mass is 32.2. The SMILES string of the molecule is COc1cc(/C=C2\SC(=S)N(C3CC(=O)N(c4ccccc4)C3=O)C2=O)ccc1OCc1ccc(C)cc1. The third kappa shape index (κ3) is 5.07. The third-order valence-electron chi connectivity index (χ3n) is 6.27. The first-order valence-corrected chi connectivity index (χ1v) is 13.1. The molecule has 0 spiro atoms. The van der Waals surface area contributed by atoms with Crippen molar-refractivity contribution < 1.29 is 23.9 Å². The van der Waals surface area contributed by atoms with Gasteiger partial charge in [-0.15, -0.1) is 0 Å². The van der Waals surface area contributed by atoms with Crippen LogP contribution in [0.4, 0.5) is 5.69 Å². The molecule has 2 fully saturated rings. The van der Waals surface area contributed by atoms with E-state index in [0.717, 1.165) is 22.2 Å². The predicted octanol–water partition coefficient (Wildman–Crippen LogP) is 5.12. The van der Waals surface area contributed by atoms with Gasteiger partial charge in [-0.25, -0.2) is 4.90 Å². The molecule has 5 rings (SSSR count). The second kappa shape index (κ2) is 10.8. The molecule has 3 aromatic carbocycles. The molecule has 0 radical (unpaired) electrons. The Labute approximate surface area is 230 Å². The molecule has 0 aliphatic carbocycles. The summed E-state index contributed by atoms with van der Waals surface area (Å²) in [7, 11) is 1.55. The molecule has 9 heteroatoms. The number of carbonyl (C=O) groups excluding carboxylic acids is 3. The smallest absolute Gasteiger partial charge is 0.266 e. The van der Waals surface area contributed by atoms with Gasteiger partial charge in [0.15, 0.2) is 11.5 Å². The minimum absolute atomic E-state index is 0.117. The summed E-state index contributed by atoms with van der Waals surface area (Å²) in [4.78, 5) is 41.9. The van der Waals surface area contributed by atoms with Crippen molar-refractivity contribution in [3.05, 3.63) is 94.4 Å². The lowest BCUT2D eigenvalue weighted by Crippen LogP contribution is -2.44. The number of carbonyl (C=O) groups is 3. The second-order valence-corrected chi connectivity index (χ2v) is 10.5. The molecule has 7 nitrogen and oxygen atoms in total. The Kier molecular flexibility index (Phi) is 7.31. The molecule has 0 bridgehead atoms. The van der Waals surface area contributed by atoms with Gasteiger partial charge in [0.05, 0.1) is 24.1 Å². The van der Waals surface area contributed by atoms with Gasteiger partial charge in [-0.2, -0.15) is 0 Å². The first-order valence-electron chi connectivity index (χ1n) is 11.9. The van der Waals surface area contributed by atoms with Gasteiger partial charge >= 0.3 is 0 Å². The number of para-hydroxylation sites is 1. The maximum Gasteiger partial charge on any atom is 0.266 e. The van der Waals surface area contributed by atoms with E-state index in [0.29, 0.717) is 34.3 Å². The van der Waals surface area contributed by atoms with Crippen molar-refractivity contribution in [3.8, 4) is 11.5 Å². The van der Waals surface area contributed by atoms with Crippen molar-refractivity contribution >= 4 is 57.8 Å². The fourth-order valence-corrected chi connectivity index (χ4v) is 5.66. The number of rotatable bonds is 7. The number of imide groups is 1. The molecule has 192 valence electrons. The third-order valence-corrected chi connectivity index (χ3v) is 7.60. The zero-order valence-corrected chi connectivity index (χ0v) is 22.4. The normalized spacial score (nSPS) is 18.6. The lowest BCUT2D eigenvalue weighted by molar-refractivity contribution is -0.129. The highest BCUT2D eigenvalue weighted by Crippen LogP contribution is 2.38. The van der Waals surface area contributed by atoms with Crippen LogP contribution in [0.15, 0.2) is 77.7 Å². The summed E-state index contributed by atoms with van der Waals surface area (Å²) in [5, 5.41) is 0. The molecule has 2 heterocycles. The van der Waals surface area contributed by atoms with E-state index in [-0.39, 0.29) is 16.6 Å². The first-order chi connectivity index (χ1) is 18.4. The molecule has 1 atom stereocenters. The lowest BCUT2D eigenvalue weighted by atomic mass is 10.1. The van der Waals surface area contributed by atoms with Gasteiger partial charge in [-0.05, 0) is 48.4 Å². The zero-order chi connectivity index (χ0) is 26.8. The topological polar surface area (TPSA) is 76.2 Å². The number of methoxy groups -OCH3 is 1. The van der Waals surface area contributed by atoms with Gasteiger partial charge in [0, 0.05) is 0 Å². The Bertz CT molecular complexity index is 1450. The molecule has 2 saturated heterocycles. The van der Waals surface area contributed by atoms with Crippen LogP contribution in [0.1, 0.15) is 23.1 Å². The maximum absolute atomic E-state index is 13.3. The highest BCUT2D eigenvalue weighted by molar-refractivity contribution is 8.26. The molecular weight excluding hydrogens is 520 g/mol. The Balaban J connectivity index is 1.32. The van der Waals surface area contributed by atoms with E-state index in [2.05, 4.69) is 0 Å². The number of hydrogen-bond acceptors (Lipinski definition) is 7.